The summed E-state index contributed by atoms with van der Waals surface area (Å²) in [6, 6.07) is 11.0. The van der Waals surface area contributed by atoms with Gasteiger partial charge in [-0.1, -0.05) is 53.7 Å². The van der Waals surface area contributed by atoms with Crippen molar-refractivity contribution in [3.05, 3.63) is 53.1 Å². The van der Waals surface area contributed by atoms with Crippen LogP contribution >= 0.6 is 0 Å². The van der Waals surface area contributed by atoms with E-state index >= 15 is 0 Å². The maximum Gasteiger partial charge on any atom is 0.141 e. The predicted octanol–water partition coefficient (Wildman–Crippen LogP) is 5.44. The molecule has 2 rings (SSSR count). The highest BCUT2D eigenvalue weighted by molar-refractivity contribution is 5.86. The van der Waals surface area contributed by atoms with Crippen LogP contribution in [0, 0.1) is 0 Å². The van der Waals surface area contributed by atoms with Crippen molar-refractivity contribution in [1.82, 2.24) is 0 Å². The summed E-state index contributed by atoms with van der Waals surface area (Å²) < 4.78 is 0. The Bertz CT molecular complexity index is 697. The summed E-state index contributed by atoms with van der Waals surface area (Å²) in [5.41, 5.74) is 3.33. The monoisotopic (exact) mass is 325 g/mol. The van der Waals surface area contributed by atoms with Crippen LogP contribution in [-0.2, 0) is 10.8 Å². The Balaban J connectivity index is 2.41. The second-order valence-electron chi connectivity index (χ2n) is 8.24. The molecular weight excluding hydrogens is 298 g/mol. The Morgan fingerprint density at radius 2 is 1.25 bits per heavy atom. The number of nitrogens with zero attached hydrogens (tertiary/aromatic N) is 1. The maximum atomic E-state index is 10.1. The topological polar surface area (TPSA) is 52.8 Å². The molecule has 24 heavy (non-hydrogen) atoms. The quantitative estimate of drug-likeness (QED) is 0.722. The highest BCUT2D eigenvalue weighted by atomic mass is 16.3. The molecule has 0 saturated heterocycles. The van der Waals surface area contributed by atoms with Crippen LogP contribution in [0.3, 0.4) is 0 Å². The molecular formula is C21H27NO2. The van der Waals surface area contributed by atoms with Gasteiger partial charge >= 0.3 is 0 Å². The van der Waals surface area contributed by atoms with E-state index in [2.05, 4.69) is 46.5 Å². The molecule has 0 atom stereocenters. The molecule has 0 bridgehead atoms. The Morgan fingerprint density at radius 1 is 0.750 bits per heavy atom. The zero-order valence-electron chi connectivity index (χ0n) is 15.4. The van der Waals surface area contributed by atoms with Gasteiger partial charge in [-0.3, -0.25) is 4.99 Å². The number of phenolic OH excluding ortho intramolecular Hbond substituents is 2. The van der Waals surface area contributed by atoms with Gasteiger partial charge in [0.15, 0.2) is 0 Å². The summed E-state index contributed by atoms with van der Waals surface area (Å²) in [6.45, 7) is 12.7. The summed E-state index contributed by atoms with van der Waals surface area (Å²) in [5.74, 6) is 0.309. The molecule has 3 heteroatoms. The molecule has 0 spiro atoms. The molecule has 0 unspecified atom stereocenters. The fourth-order valence-corrected chi connectivity index (χ4v) is 2.36. The van der Waals surface area contributed by atoms with Crippen molar-refractivity contribution < 1.29 is 10.2 Å². The molecule has 3 nitrogen and oxygen atoms in total. The third kappa shape index (κ3) is 4.16. The number of rotatable bonds is 2. The van der Waals surface area contributed by atoms with Crippen molar-refractivity contribution in [3.8, 4) is 11.5 Å². The molecule has 2 aromatic rings. The van der Waals surface area contributed by atoms with Crippen molar-refractivity contribution >= 4 is 11.9 Å². The van der Waals surface area contributed by atoms with Crippen LogP contribution in [0.1, 0.15) is 58.2 Å². The SMILES string of the molecule is CC(C)(C)c1ccc(O)c(C=Nc2cc(C(C)(C)C)ccc2O)c1. The molecule has 0 heterocycles. The highest BCUT2D eigenvalue weighted by Gasteiger charge is 2.16. The van der Waals surface area contributed by atoms with E-state index in [-0.39, 0.29) is 22.3 Å². The molecule has 0 aliphatic rings. The number of aromatic hydroxyl groups is 2. The van der Waals surface area contributed by atoms with Gasteiger partial charge in [-0.2, -0.15) is 0 Å². The lowest BCUT2D eigenvalue weighted by molar-refractivity contribution is 0.472. The first-order chi connectivity index (χ1) is 11.0. The first kappa shape index (κ1) is 18.1. The third-order valence-corrected chi connectivity index (χ3v) is 4.08. The highest BCUT2D eigenvalue weighted by Crippen LogP contribution is 2.33. The fourth-order valence-electron chi connectivity index (χ4n) is 2.36. The summed E-state index contributed by atoms with van der Waals surface area (Å²) in [6.07, 6.45) is 1.60. The molecule has 0 aromatic heterocycles. The van der Waals surface area contributed by atoms with Gasteiger partial charge < -0.3 is 10.2 Å². The molecule has 0 saturated carbocycles. The number of phenols is 2. The number of aliphatic imine (C=N–C) groups is 1. The number of benzene rings is 2. The van der Waals surface area contributed by atoms with Gasteiger partial charge in [0, 0.05) is 11.8 Å². The minimum Gasteiger partial charge on any atom is -0.507 e. The Morgan fingerprint density at radius 3 is 1.79 bits per heavy atom. The smallest absolute Gasteiger partial charge is 0.141 e. The Labute approximate surface area is 144 Å². The largest absolute Gasteiger partial charge is 0.507 e. The van der Waals surface area contributed by atoms with Gasteiger partial charge in [-0.15, -0.1) is 0 Å². The van der Waals surface area contributed by atoms with Crippen LogP contribution in [0.15, 0.2) is 41.4 Å². The minimum absolute atomic E-state index is 0.00935. The second kappa shape index (κ2) is 6.31. The van der Waals surface area contributed by atoms with E-state index in [0.29, 0.717) is 11.3 Å². The lowest BCUT2D eigenvalue weighted by Gasteiger charge is -2.20. The molecule has 2 aromatic carbocycles. The zero-order valence-corrected chi connectivity index (χ0v) is 15.4. The maximum absolute atomic E-state index is 10.1. The van der Waals surface area contributed by atoms with Gasteiger partial charge in [0.1, 0.15) is 17.2 Å². The molecule has 2 N–H and O–H groups in total. The van der Waals surface area contributed by atoms with Crippen LogP contribution in [0.25, 0.3) is 0 Å². The summed E-state index contributed by atoms with van der Waals surface area (Å²) in [4.78, 5) is 4.40. The first-order valence-corrected chi connectivity index (χ1v) is 8.19. The van der Waals surface area contributed by atoms with Gasteiger partial charge in [-0.05, 0) is 46.2 Å². The fraction of sp³-hybridized carbons (Fsp3) is 0.381. The van der Waals surface area contributed by atoms with Gasteiger partial charge in [-0.25, -0.2) is 0 Å². The van der Waals surface area contributed by atoms with Crippen LogP contribution in [-0.4, -0.2) is 16.4 Å². The molecule has 0 amide bonds. The molecule has 0 radical (unpaired) electrons. The van der Waals surface area contributed by atoms with Crippen LogP contribution < -0.4 is 0 Å². The van der Waals surface area contributed by atoms with Gasteiger partial charge in [0.2, 0.25) is 0 Å². The lowest BCUT2D eigenvalue weighted by atomic mass is 9.86. The summed E-state index contributed by atoms with van der Waals surface area (Å²) >= 11 is 0. The summed E-state index contributed by atoms with van der Waals surface area (Å²) in [5, 5.41) is 20.1. The standard InChI is InChI=1S/C21H27NO2/c1-20(2,3)15-7-9-18(23)14(11-15)13-22-17-12-16(21(4,5)6)8-10-19(17)24/h7-13,23-24H,1-6H3. The van der Waals surface area contributed by atoms with E-state index in [9.17, 15) is 10.2 Å². The van der Waals surface area contributed by atoms with Crippen molar-refractivity contribution in [1.29, 1.82) is 0 Å². The molecule has 0 aliphatic heterocycles. The van der Waals surface area contributed by atoms with Crippen molar-refractivity contribution in [2.24, 2.45) is 4.99 Å². The normalized spacial score (nSPS) is 12.8. The van der Waals surface area contributed by atoms with E-state index in [1.165, 1.54) is 0 Å². The van der Waals surface area contributed by atoms with Crippen molar-refractivity contribution in [2.75, 3.05) is 0 Å². The molecule has 0 aliphatic carbocycles. The van der Waals surface area contributed by atoms with Gasteiger partial charge in [0.25, 0.3) is 0 Å². The minimum atomic E-state index is -0.0216. The third-order valence-electron chi connectivity index (χ3n) is 4.08. The van der Waals surface area contributed by atoms with Crippen LogP contribution in [0.2, 0.25) is 0 Å². The first-order valence-electron chi connectivity index (χ1n) is 8.19. The van der Waals surface area contributed by atoms with E-state index < -0.39 is 0 Å². The number of hydrogen-bond donors (Lipinski definition) is 2. The predicted molar refractivity (Wildman–Crippen MR) is 101 cm³/mol. The second-order valence-corrected chi connectivity index (χ2v) is 8.24. The van der Waals surface area contributed by atoms with Crippen LogP contribution in [0.5, 0.6) is 11.5 Å². The molecule has 128 valence electrons. The zero-order chi connectivity index (χ0) is 18.1. The van der Waals surface area contributed by atoms with Crippen LogP contribution in [0.4, 0.5) is 5.69 Å². The average Bonchev–Trinajstić information content (AvgIpc) is 2.45. The Hall–Kier alpha value is -2.29. The van der Waals surface area contributed by atoms with Crippen molar-refractivity contribution in [3.63, 3.8) is 0 Å². The van der Waals surface area contributed by atoms with E-state index in [1.807, 2.05) is 24.3 Å². The number of hydrogen-bond acceptors (Lipinski definition) is 3. The molecule has 0 fully saturated rings. The van der Waals surface area contributed by atoms with Crippen molar-refractivity contribution in [2.45, 2.75) is 52.4 Å². The average molecular weight is 325 g/mol. The van der Waals surface area contributed by atoms with E-state index in [1.54, 1.807) is 18.3 Å². The Kier molecular flexibility index (Phi) is 4.75. The van der Waals surface area contributed by atoms with E-state index in [4.69, 9.17) is 0 Å². The lowest BCUT2D eigenvalue weighted by Crippen LogP contribution is -2.11. The summed E-state index contributed by atoms with van der Waals surface area (Å²) in [7, 11) is 0. The van der Waals surface area contributed by atoms with E-state index in [0.717, 1.165) is 11.1 Å². The van der Waals surface area contributed by atoms with Gasteiger partial charge in [0.05, 0.1) is 0 Å².